The van der Waals surface area contributed by atoms with Crippen molar-refractivity contribution in [1.82, 2.24) is 15.5 Å². The second kappa shape index (κ2) is 11.6. The average molecular weight is 472 g/mol. The Morgan fingerprint density at radius 3 is 2.92 bits per heavy atom. The maximum atomic E-state index is 5.37. The third-order valence-electron chi connectivity index (χ3n) is 5.23. The summed E-state index contributed by atoms with van der Waals surface area (Å²) in [6, 6.07) is 4.41. The molecule has 2 heterocycles. The third-order valence-corrected chi connectivity index (χ3v) is 5.23. The van der Waals surface area contributed by atoms with Crippen LogP contribution in [-0.2, 0) is 6.42 Å². The number of likely N-dealkylation sites (tertiary alicyclic amines) is 1. The average Bonchev–Trinajstić information content (AvgIpc) is 3.36. The number of nitrogens with one attached hydrogen (secondary N) is 2. The van der Waals surface area contributed by atoms with Crippen molar-refractivity contribution in [2.75, 3.05) is 32.7 Å². The molecule has 2 fully saturated rings. The number of nitrogens with zero attached hydrogens (tertiary/aromatic N) is 2. The monoisotopic (exact) mass is 472 g/mol. The van der Waals surface area contributed by atoms with Crippen LogP contribution in [0.5, 0.6) is 0 Å². The number of hydrogen-bond donors (Lipinski definition) is 2. The van der Waals surface area contributed by atoms with E-state index in [2.05, 4.69) is 22.1 Å². The van der Waals surface area contributed by atoms with Gasteiger partial charge in [-0.3, -0.25) is 4.99 Å². The second-order valence-electron chi connectivity index (χ2n) is 7.27. The lowest BCUT2D eigenvalue weighted by atomic mass is 10.1. The van der Waals surface area contributed by atoms with Crippen LogP contribution in [0.4, 0.5) is 0 Å². The fraction of sp³-hybridized carbons (Fsp3) is 0.650. The first-order valence-corrected chi connectivity index (χ1v) is 9.74. The summed E-state index contributed by atoms with van der Waals surface area (Å²) in [5, 5.41) is 6.94. The van der Waals surface area contributed by atoms with E-state index in [-0.39, 0.29) is 24.0 Å². The lowest BCUT2D eigenvalue weighted by Gasteiger charge is -2.21. The Hall–Kier alpha value is -1.02. The lowest BCUT2D eigenvalue weighted by Crippen LogP contribution is -2.45. The Labute approximate surface area is 174 Å². The van der Waals surface area contributed by atoms with Gasteiger partial charge in [0.15, 0.2) is 5.96 Å². The van der Waals surface area contributed by atoms with E-state index in [1.807, 2.05) is 18.2 Å². The molecule has 6 heteroatoms. The fourth-order valence-corrected chi connectivity index (χ4v) is 3.92. The number of rotatable bonds is 8. The maximum Gasteiger partial charge on any atom is 0.191 e. The van der Waals surface area contributed by atoms with Crippen LogP contribution < -0.4 is 10.6 Å². The smallest absolute Gasteiger partial charge is 0.191 e. The maximum absolute atomic E-state index is 5.37. The Morgan fingerprint density at radius 2 is 2.19 bits per heavy atom. The van der Waals surface area contributed by atoms with Crippen LogP contribution in [0, 0.1) is 5.92 Å². The molecular formula is C20H33IN4O. The van der Waals surface area contributed by atoms with Gasteiger partial charge in [-0.2, -0.15) is 0 Å². The first kappa shape index (κ1) is 21.3. The molecule has 1 unspecified atom stereocenters. The molecule has 2 N–H and O–H groups in total. The molecule has 2 aliphatic rings. The van der Waals surface area contributed by atoms with Gasteiger partial charge in [-0.15, -0.1) is 30.6 Å². The van der Waals surface area contributed by atoms with E-state index in [1.54, 1.807) is 6.26 Å². The minimum absolute atomic E-state index is 0. The third kappa shape index (κ3) is 6.95. The molecule has 0 bridgehead atoms. The van der Waals surface area contributed by atoms with Crippen LogP contribution in [0.3, 0.4) is 0 Å². The topological polar surface area (TPSA) is 52.8 Å². The highest BCUT2D eigenvalue weighted by atomic mass is 127. The summed E-state index contributed by atoms with van der Waals surface area (Å²) in [6.07, 6.45) is 11.3. The van der Waals surface area contributed by atoms with E-state index in [1.165, 1.54) is 45.2 Å². The van der Waals surface area contributed by atoms with Gasteiger partial charge in [0.05, 0.1) is 6.26 Å². The molecule has 146 valence electrons. The zero-order valence-corrected chi connectivity index (χ0v) is 18.0. The summed E-state index contributed by atoms with van der Waals surface area (Å²) in [5.41, 5.74) is 0. The molecule has 1 aliphatic carbocycles. The van der Waals surface area contributed by atoms with Gasteiger partial charge < -0.3 is 20.0 Å². The largest absolute Gasteiger partial charge is 0.469 e. The van der Waals surface area contributed by atoms with E-state index in [9.17, 15) is 0 Å². The van der Waals surface area contributed by atoms with E-state index >= 15 is 0 Å². The van der Waals surface area contributed by atoms with E-state index in [4.69, 9.17) is 9.41 Å². The Kier molecular flexibility index (Phi) is 9.53. The molecule has 1 aromatic rings. The lowest BCUT2D eigenvalue weighted by molar-refractivity contribution is 0.275. The Morgan fingerprint density at radius 1 is 1.35 bits per heavy atom. The van der Waals surface area contributed by atoms with Crippen molar-refractivity contribution in [3.8, 4) is 0 Å². The summed E-state index contributed by atoms with van der Waals surface area (Å²) in [7, 11) is 0. The van der Waals surface area contributed by atoms with Crippen molar-refractivity contribution in [3.63, 3.8) is 0 Å². The number of hydrogen-bond acceptors (Lipinski definition) is 3. The second-order valence-corrected chi connectivity index (χ2v) is 7.27. The standard InChI is InChI=1S/C20H32N4O.HI/c1-2-11-21-20(22-12-9-19-8-5-14-25-19)23-18-10-13-24(16-18)15-17-6-3-4-7-17;/h2,5,8,14,17-18H,1,3-4,6-7,9-13,15-16H2,(H2,21,22,23);1H. The molecule has 1 atom stereocenters. The van der Waals surface area contributed by atoms with Crippen molar-refractivity contribution < 1.29 is 4.42 Å². The molecule has 0 amide bonds. The van der Waals surface area contributed by atoms with Crippen molar-refractivity contribution in [3.05, 3.63) is 36.8 Å². The summed E-state index contributed by atoms with van der Waals surface area (Å²) in [4.78, 5) is 7.32. The SMILES string of the molecule is C=CCNC(=NCCc1ccco1)NC1CCN(CC2CCCC2)C1.I. The summed E-state index contributed by atoms with van der Waals surface area (Å²) >= 11 is 0. The molecule has 3 rings (SSSR count). The molecule has 1 saturated carbocycles. The molecule has 1 saturated heterocycles. The molecule has 0 aromatic carbocycles. The predicted octanol–water partition coefficient (Wildman–Crippen LogP) is 3.43. The Bertz CT molecular complexity index is 540. The van der Waals surface area contributed by atoms with Gasteiger partial charge in [0.2, 0.25) is 0 Å². The number of halogens is 1. The first-order chi connectivity index (χ1) is 12.3. The molecular weight excluding hydrogens is 439 g/mol. The van der Waals surface area contributed by atoms with E-state index < -0.39 is 0 Å². The van der Waals surface area contributed by atoms with Crippen LogP contribution in [0.15, 0.2) is 40.5 Å². The van der Waals surface area contributed by atoms with Crippen LogP contribution in [0.1, 0.15) is 37.9 Å². The van der Waals surface area contributed by atoms with Crippen LogP contribution >= 0.6 is 24.0 Å². The zero-order chi connectivity index (χ0) is 17.3. The molecule has 5 nitrogen and oxygen atoms in total. The van der Waals surface area contributed by atoms with Gasteiger partial charge in [0.25, 0.3) is 0 Å². The normalized spacial score (nSPS) is 21.5. The number of guanidine groups is 1. The van der Waals surface area contributed by atoms with Gasteiger partial charge >= 0.3 is 0 Å². The molecule has 26 heavy (non-hydrogen) atoms. The summed E-state index contributed by atoms with van der Waals surface area (Å²) in [5.74, 6) is 2.80. The van der Waals surface area contributed by atoms with E-state index in [0.29, 0.717) is 6.04 Å². The number of furan rings is 1. The first-order valence-electron chi connectivity index (χ1n) is 9.74. The summed E-state index contributed by atoms with van der Waals surface area (Å²) in [6.45, 7) is 8.85. The van der Waals surface area contributed by atoms with Gasteiger partial charge in [0.1, 0.15) is 5.76 Å². The van der Waals surface area contributed by atoms with Gasteiger partial charge in [-0.1, -0.05) is 18.9 Å². The molecule has 0 spiro atoms. The van der Waals surface area contributed by atoms with Crippen molar-refractivity contribution >= 4 is 29.9 Å². The fourth-order valence-electron chi connectivity index (χ4n) is 3.92. The molecule has 1 aliphatic heterocycles. The van der Waals surface area contributed by atoms with Crippen molar-refractivity contribution in [2.45, 2.75) is 44.6 Å². The molecule has 1 aromatic heterocycles. The number of aliphatic imine (C=N–C) groups is 1. The van der Waals surface area contributed by atoms with Gasteiger partial charge in [-0.25, -0.2) is 0 Å². The van der Waals surface area contributed by atoms with Crippen molar-refractivity contribution in [2.24, 2.45) is 10.9 Å². The predicted molar refractivity (Wildman–Crippen MR) is 118 cm³/mol. The highest BCUT2D eigenvalue weighted by molar-refractivity contribution is 14.0. The minimum atomic E-state index is 0. The highest BCUT2D eigenvalue weighted by Crippen LogP contribution is 2.26. The van der Waals surface area contributed by atoms with Gasteiger partial charge in [-0.05, 0) is 37.3 Å². The van der Waals surface area contributed by atoms with Gasteiger partial charge in [0, 0.05) is 45.2 Å². The highest BCUT2D eigenvalue weighted by Gasteiger charge is 2.26. The quantitative estimate of drug-likeness (QED) is 0.264. The van der Waals surface area contributed by atoms with Crippen LogP contribution in [-0.4, -0.2) is 49.6 Å². The van der Waals surface area contributed by atoms with Crippen molar-refractivity contribution in [1.29, 1.82) is 0 Å². The van der Waals surface area contributed by atoms with Crippen LogP contribution in [0.25, 0.3) is 0 Å². The Balaban J connectivity index is 0.00000243. The zero-order valence-electron chi connectivity index (χ0n) is 15.7. The molecule has 0 radical (unpaired) electrons. The van der Waals surface area contributed by atoms with Crippen LogP contribution in [0.2, 0.25) is 0 Å². The summed E-state index contributed by atoms with van der Waals surface area (Å²) < 4.78 is 5.37. The van der Waals surface area contributed by atoms with E-state index in [0.717, 1.165) is 43.7 Å². The minimum Gasteiger partial charge on any atom is -0.469 e.